The number of benzene rings is 5. The lowest BCUT2D eigenvalue weighted by atomic mass is 9.65. The summed E-state index contributed by atoms with van der Waals surface area (Å²) in [5.41, 5.74) is 2.38. The summed E-state index contributed by atoms with van der Waals surface area (Å²) in [6, 6.07) is 46.1. The average molecular weight is 656 g/mol. The quantitative estimate of drug-likeness (QED) is 0.165. The third-order valence-electron chi connectivity index (χ3n) is 9.57. The smallest absolute Gasteiger partial charge is 0.418 e. The highest BCUT2D eigenvalue weighted by Crippen LogP contribution is 2.50. The standard InChI is InChI=1S/C42H45NO4Si/c1-40(2,3)37-26-17-27-38-36(37)28-29-41(4,45)42(38,47-48(34-22-13-7-14-23-34)35-24-15-8-16-25-35)30-31-46-39(44)43(32-18-9-5-10-19-32)33-20-11-6-12-21-33/h5-27,45,48H,28-31H2,1-4H3. The molecule has 6 heteroatoms. The third kappa shape index (κ3) is 6.74. The first-order valence-electron chi connectivity index (χ1n) is 16.8. The second-order valence-corrected chi connectivity index (χ2v) is 16.2. The highest BCUT2D eigenvalue weighted by molar-refractivity contribution is 6.80. The van der Waals surface area contributed by atoms with Gasteiger partial charge in [0.15, 0.2) is 0 Å². The molecule has 0 heterocycles. The molecule has 0 bridgehead atoms. The Hall–Kier alpha value is -4.49. The molecule has 5 aromatic rings. The first-order chi connectivity index (χ1) is 23.1. The van der Waals surface area contributed by atoms with E-state index in [1.165, 1.54) is 11.1 Å². The molecule has 2 atom stereocenters. The molecule has 1 aliphatic carbocycles. The van der Waals surface area contributed by atoms with Crippen LogP contribution in [0.25, 0.3) is 0 Å². The molecule has 1 N–H and O–H groups in total. The van der Waals surface area contributed by atoms with Gasteiger partial charge in [0.25, 0.3) is 0 Å². The van der Waals surface area contributed by atoms with Crippen molar-refractivity contribution in [3.63, 3.8) is 0 Å². The van der Waals surface area contributed by atoms with Crippen LogP contribution in [0.5, 0.6) is 0 Å². The maximum absolute atomic E-state index is 14.0. The van der Waals surface area contributed by atoms with Gasteiger partial charge in [-0.25, -0.2) is 9.69 Å². The van der Waals surface area contributed by atoms with E-state index in [9.17, 15) is 9.90 Å². The van der Waals surface area contributed by atoms with Crippen LogP contribution in [-0.4, -0.2) is 32.4 Å². The number of carbonyl (C=O) groups is 1. The molecule has 5 nitrogen and oxygen atoms in total. The molecule has 0 aliphatic heterocycles. The fourth-order valence-corrected chi connectivity index (χ4v) is 9.80. The van der Waals surface area contributed by atoms with Gasteiger partial charge in [-0.05, 0) is 76.5 Å². The van der Waals surface area contributed by atoms with Gasteiger partial charge < -0.3 is 14.3 Å². The van der Waals surface area contributed by atoms with Gasteiger partial charge >= 0.3 is 6.09 Å². The lowest BCUT2D eigenvalue weighted by Crippen LogP contribution is -2.61. The molecule has 0 spiro atoms. The maximum Gasteiger partial charge on any atom is 0.418 e. The Morgan fingerprint density at radius 2 is 1.25 bits per heavy atom. The van der Waals surface area contributed by atoms with Gasteiger partial charge in [0.1, 0.15) is 5.60 Å². The summed E-state index contributed by atoms with van der Waals surface area (Å²) in [7, 11) is -2.39. The molecule has 2 unspecified atom stereocenters. The van der Waals surface area contributed by atoms with E-state index in [4.69, 9.17) is 9.16 Å². The van der Waals surface area contributed by atoms with Crippen molar-refractivity contribution >= 4 is 36.9 Å². The molecule has 48 heavy (non-hydrogen) atoms. The van der Waals surface area contributed by atoms with Crippen LogP contribution < -0.4 is 15.3 Å². The van der Waals surface area contributed by atoms with Crippen molar-refractivity contribution in [2.24, 2.45) is 0 Å². The van der Waals surface area contributed by atoms with Gasteiger partial charge in [-0.3, -0.25) is 0 Å². The fourth-order valence-electron chi connectivity index (χ4n) is 7.10. The van der Waals surface area contributed by atoms with Crippen molar-refractivity contribution in [3.05, 3.63) is 156 Å². The van der Waals surface area contributed by atoms with Crippen molar-refractivity contribution in [1.82, 2.24) is 0 Å². The molecule has 0 saturated heterocycles. The Kier molecular flexibility index (Phi) is 9.70. The van der Waals surface area contributed by atoms with Crippen molar-refractivity contribution in [3.8, 4) is 0 Å². The van der Waals surface area contributed by atoms with Gasteiger partial charge in [0.05, 0.1) is 23.6 Å². The highest BCUT2D eigenvalue weighted by Gasteiger charge is 2.54. The first kappa shape index (κ1) is 33.4. The van der Waals surface area contributed by atoms with E-state index in [0.29, 0.717) is 17.8 Å². The van der Waals surface area contributed by atoms with Crippen molar-refractivity contribution in [2.45, 2.75) is 63.6 Å². The number of anilines is 2. The fraction of sp³-hybridized carbons (Fsp3) is 0.262. The molecule has 6 rings (SSSR count). The van der Waals surface area contributed by atoms with E-state index < -0.39 is 26.3 Å². The van der Waals surface area contributed by atoms with Gasteiger partial charge in [-0.1, -0.05) is 136 Å². The summed E-state index contributed by atoms with van der Waals surface area (Å²) >= 11 is 0. The summed E-state index contributed by atoms with van der Waals surface area (Å²) in [4.78, 5) is 15.5. The van der Waals surface area contributed by atoms with E-state index in [1.807, 2.05) is 104 Å². The van der Waals surface area contributed by atoms with Gasteiger partial charge in [0.2, 0.25) is 9.04 Å². The highest BCUT2D eigenvalue weighted by atomic mass is 28.3. The molecule has 5 aromatic carbocycles. The van der Waals surface area contributed by atoms with Gasteiger partial charge in [0, 0.05) is 6.42 Å². The zero-order chi connectivity index (χ0) is 33.8. The molecule has 1 aliphatic rings. The normalized spacial score (nSPS) is 19.0. The summed E-state index contributed by atoms with van der Waals surface area (Å²) in [6.45, 7) is 8.63. The Balaban J connectivity index is 1.43. The van der Waals surface area contributed by atoms with Crippen molar-refractivity contribution in [1.29, 1.82) is 0 Å². The number of ether oxygens (including phenoxy) is 1. The monoisotopic (exact) mass is 655 g/mol. The summed E-state index contributed by atoms with van der Waals surface area (Å²) in [6.07, 6.45) is 1.06. The third-order valence-corrected chi connectivity index (χ3v) is 12.2. The number of aliphatic hydroxyl groups is 1. The average Bonchev–Trinajstić information content (AvgIpc) is 3.10. The lowest BCUT2D eigenvalue weighted by molar-refractivity contribution is -0.151. The number of hydrogen-bond acceptors (Lipinski definition) is 4. The Labute approximate surface area is 286 Å². The zero-order valence-electron chi connectivity index (χ0n) is 28.3. The second-order valence-electron chi connectivity index (χ2n) is 13.9. The summed E-state index contributed by atoms with van der Waals surface area (Å²) < 4.78 is 13.7. The van der Waals surface area contributed by atoms with E-state index in [1.54, 1.807) is 4.90 Å². The van der Waals surface area contributed by atoms with Gasteiger partial charge in [-0.15, -0.1) is 0 Å². The minimum absolute atomic E-state index is 0.0506. The molecular weight excluding hydrogens is 611 g/mol. The first-order valence-corrected chi connectivity index (χ1v) is 18.4. The zero-order valence-corrected chi connectivity index (χ0v) is 29.5. The molecule has 1 amide bonds. The van der Waals surface area contributed by atoms with E-state index in [0.717, 1.165) is 22.4 Å². The maximum atomic E-state index is 14.0. The number of amides is 1. The topological polar surface area (TPSA) is 59.0 Å². The van der Waals surface area contributed by atoms with Crippen LogP contribution in [0.1, 0.15) is 57.2 Å². The SMILES string of the molecule is CC(C)(C)c1cccc2c1CCC(C)(O)C2(CCOC(=O)N(c1ccccc1)c1ccccc1)O[SiH](c1ccccc1)c1ccccc1. The van der Waals surface area contributed by atoms with Crippen LogP contribution in [0.2, 0.25) is 0 Å². The number of carbonyl (C=O) groups excluding carboxylic acids is 1. The predicted molar refractivity (Wildman–Crippen MR) is 197 cm³/mol. The molecule has 0 aromatic heterocycles. The largest absolute Gasteiger partial charge is 0.449 e. The molecule has 0 saturated carbocycles. The Morgan fingerprint density at radius 3 is 1.75 bits per heavy atom. The Morgan fingerprint density at radius 1 is 0.750 bits per heavy atom. The van der Waals surface area contributed by atoms with Crippen molar-refractivity contribution < 1.29 is 19.1 Å². The van der Waals surface area contributed by atoms with Crippen LogP contribution in [-0.2, 0) is 26.6 Å². The molecular formula is C42H45NO4Si. The van der Waals surface area contributed by atoms with E-state index in [2.05, 4.69) is 63.2 Å². The van der Waals surface area contributed by atoms with Crippen LogP contribution in [0.4, 0.5) is 16.2 Å². The van der Waals surface area contributed by atoms with Crippen LogP contribution in [0.3, 0.4) is 0 Å². The number of rotatable bonds is 9. The predicted octanol–water partition coefficient (Wildman–Crippen LogP) is 7.80. The molecule has 0 radical (unpaired) electrons. The number of para-hydroxylation sites is 2. The summed E-state index contributed by atoms with van der Waals surface area (Å²) in [5, 5.41) is 14.8. The Bertz CT molecular complexity index is 1730. The number of nitrogens with zero attached hydrogens (tertiary/aromatic N) is 1. The van der Waals surface area contributed by atoms with Crippen LogP contribution >= 0.6 is 0 Å². The van der Waals surface area contributed by atoms with E-state index >= 15 is 0 Å². The minimum atomic E-state index is -2.39. The minimum Gasteiger partial charge on any atom is -0.449 e. The number of hydrogen-bond donors (Lipinski definition) is 1. The van der Waals surface area contributed by atoms with Crippen molar-refractivity contribution in [2.75, 3.05) is 11.5 Å². The van der Waals surface area contributed by atoms with Gasteiger partial charge in [-0.2, -0.15) is 0 Å². The number of fused-ring (bicyclic) bond motifs is 1. The van der Waals surface area contributed by atoms with Crippen LogP contribution in [0.15, 0.2) is 140 Å². The summed E-state index contributed by atoms with van der Waals surface area (Å²) in [5.74, 6) is 0. The molecule has 246 valence electrons. The van der Waals surface area contributed by atoms with Crippen LogP contribution in [0, 0.1) is 0 Å². The second kappa shape index (κ2) is 13.9. The molecule has 0 fully saturated rings. The van der Waals surface area contributed by atoms with E-state index in [-0.39, 0.29) is 18.4 Å². The lowest BCUT2D eigenvalue weighted by Gasteiger charge is -2.52.